The minimum Gasteiger partial charge on any atom is -0.463 e. The summed E-state index contributed by atoms with van der Waals surface area (Å²) in [5, 5.41) is 1.98. The Labute approximate surface area is 198 Å². The summed E-state index contributed by atoms with van der Waals surface area (Å²) in [7, 11) is -3.57. The lowest BCUT2D eigenvalue weighted by atomic mass is 10.1. The van der Waals surface area contributed by atoms with Crippen LogP contribution in [0, 0.1) is 0 Å². The van der Waals surface area contributed by atoms with Gasteiger partial charge >= 0.3 is 0 Å². The Morgan fingerprint density at radius 1 is 0.912 bits per heavy atom. The number of fused-ring (bicyclic) bond motifs is 1. The minimum absolute atomic E-state index is 0.150. The van der Waals surface area contributed by atoms with Gasteiger partial charge < -0.3 is 9.32 Å². The smallest absolute Gasteiger partial charge is 0.254 e. The quantitative estimate of drug-likeness (QED) is 0.433. The molecule has 0 saturated carbocycles. The van der Waals surface area contributed by atoms with Crippen LogP contribution >= 0.6 is 0 Å². The lowest BCUT2D eigenvalue weighted by molar-refractivity contribution is 0.0700. The number of aromatic nitrogens is 1. The zero-order valence-corrected chi connectivity index (χ0v) is 19.2. The Morgan fingerprint density at radius 3 is 2.38 bits per heavy atom. The molecule has 2 aromatic carbocycles. The number of nitrogens with zero attached hydrogens (tertiary/aromatic N) is 3. The highest BCUT2D eigenvalue weighted by Gasteiger charge is 2.29. The van der Waals surface area contributed by atoms with Crippen molar-refractivity contribution < 1.29 is 17.6 Å². The number of piperazine rings is 1. The summed E-state index contributed by atoms with van der Waals surface area (Å²) in [6.45, 7) is 1.09. The lowest BCUT2D eigenvalue weighted by Crippen LogP contribution is -2.50. The van der Waals surface area contributed by atoms with Crippen LogP contribution in [-0.4, -0.2) is 54.7 Å². The molecule has 5 rings (SSSR count). The van der Waals surface area contributed by atoms with Crippen molar-refractivity contribution in [1.82, 2.24) is 14.2 Å². The third-order valence-electron chi connectivity index (χ3n) is 5.84. The predicted octanol–water partition coefficient (Wildman–Crippen LogP) is 4.25. The first-order valence-corrected chi connectivity index (χ1v) is 12.5. The molecular formula is C26H23N3O4S. The van der Waals surface area contributed by atoms with E-state index < -0.39 is 10.0 Å². The van der Waals surface area contributed by atoms with Gasteiger partial charge in [0.05, 0.1) is 17.3 Å². The maximum absolute atomic E-state index is 13.5. The molecule has 0 radical (unpaired) electrons. The molecule has 1 aliphatic rings. The molecule has 0 spiro atoms. The maximum Gasteiger partial charge on any atom is 0.254 e. The van der Waals surface area contributed by atoms with E-state index in [4.69, 9.17) is 4.42 Å². The molecule has 172 valence electrons. The minimum atomic E-state index is -3.57. The molecule has 1 aliphatic heterocycles. The Bertz CT molecular complexity index is 1440. The Morgan fingerprint density at radius 2 is 1.65 bits per heavy atom. The average Bonchev–Trinajstić information content (AvgIpc) is 3.42. The van der Waals surface area contributed by atoms with Gasteiger partial charge in [-0.05, 0) is 35.9 Å². The molecule has 1 saturated heterocycles. The van der Waals surface area contributed by atoms with E-state index in [1.54, 1.807) is 35.4 Å². The van der Waals surface area contributed by atoms with Crippen molar-refractivity contribution in [3.63, 3.8) is 0 Å². The number of rotatable bonds is 5. The van der Waals surface area contributed by atoms with Crippen LogP contribution in [0.2, 0.25) is 0 Å². The number of hydrogen-bond acceptors (Lipinski definition) is 5. The number of benzene rings is 2. The number of sulfonamides is 1. The van der Waals surface area contributed by atoms with Gasteiger partial charge in [0.1, 0.15) is 5.69 Å². The number of amides is 1. The highest BCUT2D eigenvalue weighted by molar-refractivity contribution is 7.92. The van der Waals surface area contributed by atoms with E-state index in [2.05, 4.69) is 4.98 Å². The first-order valence-electron chi connectivity index (χ1n) is 11.0. The molecule has 0 N–H and O–H groups in total. The highest BCUT2D eigenvalue weighted by atomic mass is 32.2. The fourth-order valence-electron chi connectivity index (χ4n) is 4.03. The molecule has 1 fully saturated rings. The topological polar surface area (TPSA) is 83.7 Å². The molecule has 4 aromatic rings. The van der Waals surface area contributed by atoms with Gasteiger partial charge in [0, 0.05) is 37.0 Å². The number of furan rings is 1. The SMILES string of the molecule is O=C(c1cc(-c2ccco2)nc2ccccc12)N1CCN(S(=O)(=O)/C=C/c2ccccc2)CC1. The van der Waals surface area contributed by atoms with Crippen LogP contribution in [0.15, 0.2) is 88.9 Å². The zero-order chi connectivity index (χ0) is 23.5. The molecule has 0 unspecified atom stereocenters. The van der Waals surface area contributed by atoms with Crippen LogP contribution in [0.5, 0.6) is 0 Å². The Hall–Kier alpha value is -3.75. The third kappa shape index (κ3) is 4.50. The van der Waals surface area contributed by atoms with Crippen LogP contribution in [0.1, 0.15) is 15.9 Å². The van der Waals surface area contributed by atoms with Crippen molar-refractivity contribution in [3.05, 3.63) is 95.6 Å². The second kappa shape index (κ2) is 9.24. The van der Waals surface area contributed by atoms with Crippen molar-refractivity contribution in [3.8, 4) is 11.5 Å². The van der Waals surface area contributed by atoms with Gasteiger partial charge in [0.25, 0.3) is 5.91 Å². The fraction of sp³-hybridized carbons (Fsp3) is 0.154. The second-order valence-corrected chi connectivity index (χ2v) is 9.82. The zero-order valence-electron chi connectivity index (χ0n) is 18.4. The van der Waals surface area contributed by atoms with Crippen LogP contribution in [0.4, 0.5) is 0 Å². The van der Waals surface area contributed by atoms with Crippen molar-refractivity contribution >= 4 is 32.9 Å². The molecule has 0 bridgehead atoms. The van der Waals surface area contributed by atoms with Gasteiger partial charge in [0.2, 0.25) is 10.0 Å². The summed E-state index contributed by atoms with van der Waals surface area (Å²) < 4.78 is 32.4. The first-order chi connectivity index (χ1) is 16.5. The van der Waals surface area contributed by atoms with Crippen molar-refractivity contribution in [2.45, 2.75) is 0 Å². The van der Waals surface area contributed by atoms with Crippen molar-refractivity contribution in [2.24, 2.45) is 0 Å². The van der Waals surface area contributed by atoms with Crippen molar-refractivity contribution in [1.29, 1.82) is 0 Å². The van der Waals surface area contributed by atoms with Gasteiger partial charge in [-0.15, -0.1) is 0 Å². The van der Waals surface area contributed by atoms with E-state index in [0.29, 0.717) is 35.6 Å². The molecule has 34 heavy (non-hydrogen) atoms. The summed E-state index contributed by atoms with van der Waals surface area (Å²) in [6.07, 6.45) is 3.16. The standard InChI is InChI=1S/C26H23N3O4S/c30-26(22-19-24(25-11-6-17-33-25)27-23-10-5-4-9-21(22)23)28-13-15-29(16-14-28)34(31,32)18-12-20-7-2-1-3-8-20/h1-12,17-19H,13-16H2/b18-12+. The summed E-state index contributed by atoms with van der Waals surface area (Å²) in [4.78, 5) is 19.8. The van der Waals surface area contributed by atoms with Gasteiger partial charge in [-0.25, -0.2) is 13.4 Å². The maximum atomic E-state index is 13.5. The van der Waals surface area contributed by atoms with E-state index in [1.807, 2.05) is 54.6 Å². The van der Waals surface area contributed by atoms with E-state index in [0.717, 1.165) is 10.9 Å². The number of pyridine rings is 1. The average molecular weight is 474 g/mol. The predicted molar refractivity (Wildman–Crippen MR) is 131 cm³/mol. The number of hydrogen-bond donors (Lipinski definition) is 0. The molecule has 0 aliphatic carbocycles. The molecule has 8 heteroatoms. The van der Waals surface area contributed by atoms with E-state index >= 15 is 0 Å². The van der Waals surface area contributed by atoms with Gasteiger partial charge in [0.15, 0.2) is 5.76 Å². The molecule has 0 atom stereocenters. The van der Waals surface area contributed by atoms with Crippen molar-refractivity contribution in [2.75, 3.05) is 26.2 Å². The summed E-state index contributed by atoms with van der Waals surface area (Å²) >= 11 is 0. The van der Waals surface area contributed by atoms with E-state index in [9.17, 15) is 13.2 Å². The fourth-order valence-corrected chi connectivity index (χ4v) is 5.21. The molecule has 1 amide bonds. The Balaban J connectivity index is 1.35. The van der Waals surface area contributed by atoms with Crippen LogP contribution in [0.25, 0.3) is 28.4 Å². The molecular weight excluding hydrogens is 450 g/mol. The normalized spacial score (nSPS) is 15.2. The van der Waals surface area contributed by atoms with E-state index in [-0.39, 0.29) is 19.0 Å². The molecule has 7 nitrogen and oxygen atoms in total. The van der Waals surface area contributed by atoms with Gasteiger partial charge in [-0.3, -0.25) is 4.79 Å². The largest absolute Gasteiger partial charge is 0.463 e. The molecule has 2 aromatic heterocycles. The summed E-state index contributed by atoms with van der Waals surface area (Å²) in [5.74, 6) is 0.434. The van der Waals surface area contributed by atoms with E-state index in [1.165, 1.54) is 9.71 Å². The lowest BCUT2D eigenvalue weighted by Gasteiger charge is -2.33. The monoisotopic (exact) mass is 473 g/mol. The summed E-state index contributed by atoms with van der Waals surface area (Å²) in [5.41, 5.74) is 2.63. The number of carbonyl (C=O) groups excluding carboxylic acids is 1. The molecule has 3 heterocycles. The van der Waals surface area contributed by atoms with Crippen LogP contribution in [0.3, 0.4) is 0 Å². The van der Waals surface area contributed by atoms with Crippen LogP contribution in [-0.2, 0) is 10.0 Å². The van der Waals surface area contributed by atoms with Gasteiger partial charge in [-0.1, -0.05) is 48.5 Å². The number of para-hydroxylation sites is 1. The second-order valence-electron chi connectivity index (χ2n) is 8.00. The highest BCUT2D eigenvalue weighted by Crippen LogP contribution is 2.26. The number of carbonyl (C=O) groups is 1. The Kier molecular flexibility index (Phi) is 6.00. The summed E-state index contributed by atoms with van der Waals surface area (Å²) in [6, 6.07) is 22.1. The van der Waals surface area contributed by atoms with Crippen LogP contribution < -0.4 is 0 Å². The van der Waals surface area contributed by atoms with Gasteiger partial charge in [-0.2, -0.15) is 4.31 Å². The first kappa shape index (κ1) is 22.1. The third-order valence-corrected chi connectivity index (χ3v) is 7.40.